The third kappa shape index (κ3) is 3.35. The van der Waals surface area contributed by atoms with Crippen LogP contribution in [0.1, 0.15) is 50.7 Å². The van der Waals surface area contributed by atoms with Crippen molar-refractivity contribution >= 4 is 41.2 Å². The molecular weight excluding hydrogens is 352 g/mol. The fourth-order valence-corrected chi connectivity index (χ4v) is 3.56. The van der Waals surface area contributed by atoms with E-state index in [1.165, 1.54) is 11.8 Å². The largest absolute Gasteiger partial charge is 0.462 e. The predicted molar refractivity (Wildman–Crippen MR) is 106 cm³/mol. The number of thioether (sulfide) groups is 1. The molecule has 0 aliphatic rings. The highest BCUT2D eigenvalue weighted by Gasteiger charge is 2.22. The number of nitrogens with zero attached hydrogens (tertiary/aromatic N) is 3. The maximum Gasteiger partial charge on any atom is 0.152 e. The Balaban J connectivity index is 2.08. The summed E-state index contributed by atoms with van der Waals surface area (Å²) in [5, 5.41) is 1.85. The molecule has 0 aromatic carbocycles. The van der Waals surface area contributed by atoms with E-state index in [9.17, 15) is 0 Å². The number of aromatic nitrogens is 3. The molecule has 0 bridgehead atoms. The van der Waals surface area contributed by atoms with Crippen molar-refractivity contribution in [1.82, 2.24) is 15.0 Å². The predicted octanol–water partition coefficient (Wildman–Crippen LogP) is 4.66. The molecule has 0 saturated heterocycles. The van der Waals surface area contributed by atoms with Gasteiger partial charge in [-0.25, -0.2) is 9.97 Å². The van der Waals surface area contributed by atoms with Crippen LogP contribution in [0.15, 0.2) is 32.9 Å². The first-order chi connectivity index (χ1) is 11.7. The lowest BCUT2D eigenvalue weighted by Crippen LogP contribution is -2.11. The van der Waals surface area contributed by atoms with Crippen molar-refractivity contribution in [1.29, 1.82) is 0 Å². The molecule has 5 nitrogen and oxygen atoms in total. The molecule has 0 saturated carbocycles. The lowest BCUT2D eigenvalue weighted by atomic mass is 9.86. The molecule has 1 unspecified atom stereocenters. The van der Waals surface area contributed by atoms with Crippen molar-refractivity contribution in [3.05, 3.63) is 35.6 Å². The lowest BCUT2D eigenvalue weighted by molar-refractivity contribution is 0.557. The van der Waals surface area contributed by atoms with E-state index >= 15 is 0 Å². The Morgan fingerprint density at radius 3 is 2.64 bits per heavy atom. The second-order valence-electron chi connectivity index (χ2n) is 7.05. The van der Waals surface area contributed by atoms with E-state index in [-0.39, 0.29) is 11.3 Å². The zero-order valence-corrected chi connectivity index (χ0v) is 16.7. The summed E-state index contributed by atoms with van der Waals surface area (Å²) >= 11 is 5.88. The van der Waals surface area contributed by atoms with Gasteiger partial charge in [0.1, 0.15) is 16.7 Å². The Bertz CT molecular complexity index is 931. The summed E-state index contributed by atoms with van der Waals surface area (Å²) in [5.41, 5.74) is 8.82. The summed E-state index contributed by atoms with van der Waals surface area (Å²) in [4.78, 5) is 14.2. The zero-order valence-electron chi connectivity index (χ0n) is 15.0. The molecule has 0 amide bonds. The third-order valence-corrected chi connectivity index (χ3v) is 5.49. The average Bonchev–Trinajstić information content (AvgIpc) is 2.99. The summed E-state index contributed by atoms with van der Waals surface area (Å²) in [6.45, 7) is 8.53. The molecule has 0 spiro atoms. The number of anilines is 1. The van der Waals surface area contributed by atoms with Crippen LogP contribution in [0.5, 0.6) is 0 Å². The van der Waals surface area contributed by atoms with Crippen LogP contribution in [-0.2, 0) is 5.41 Å². The Morgan fingerprint density at radius 1 is 1.28 bits per heavy atom. The van der Waals surface area contributed by atoms with Crippen LogP contribution >= 0.6 is 24.4 Å². The van der Waals surface area contributed by atoms with Crippen LogP contribution in [0.4, 0.5) is 5.82 Å². The van der Waals surface area contributed by atoms with Gasteiger partial charge in [-0.2, -0.15) is 0 Å². The minimum absolute atomic E-state index is 0.00621. The Hall–Kier alpha value is -1.73. The van der Waals surface area contributed by atoms with E-state index in [2.05, 4.69) is 54.4 Å². The van der Waals surface area contributed by atoms with Gasteiger partial charge in [-0.15, -0.1) is 24.4 Å². The maximum atomic E-state index is 5.99. The molecule has 3 heterocycles. The Morgan fingerprint density at radius 2 is 2.00 bits per heavy atom. The first kappa shape index (κ1) is 18.1. The van der Waals surface area contributed by atoms with Crippen molar-refractivity contribution in [3.8, 4) is 0 Å². The van der Waals surface area contributed by atoms with Gasteiger partial charge in [-0.05, 0) is 24.7 Å². The van der Waals surface area contributed by atoms with Crippen molar-refractivity contribution in [2.75, 3.05) is 12.0 Å². The quantitative estimate of drug-likeness (QED) is 0.394. The first-order valence-electron chi connectivity index (χ1n) is 8.00. The minimum Gasteiger partial charge on any atom is -0.462 e. The number of pyridine rings is 1. The highest BCUT2D eigenvalue weighted by Crippen LogP contribution is 2.34. The van der Waals surface area contributed by atoms with Gasteiger partial charge in [0.2, 0.25) is 0 Å². The SMILES string of the molecule is CSc1nc(C(C)c2cc3c(C(C)(C)C)coc3cn2)nc(N)c1S. The van der Waals surface area contributed by atoms with Gasteiger partial charge in [-0.1, -0.05) is 20.8 Å². The van der Waals surface area contributed by atoms with E-state index in [4.69, 9.17) is 10.2 Å². The van der Waals surface area contributed by atoms with Crippen molar-refractivity contribution in [3.63, 3.8) is 0 Å². The van der Waals surface area contributed by atoms with Crippen molar-refractivity contribution < 1.29 is 4.42 Å². The molecule has 3 aromatic rings. The molecule has 0 aliphatic heterocycles. The third-order valence-electron chi connectivity index (χ3n) is 4.21. The Labute approximate surface area is 157 Å². The monoisotopic (exact) mass is 374 g/mol. The normalized spacial score (nSPS) is 13.4. The molecule has 0 radical (unpaired) electrons. The van der Waals surface area contributed by atoms with Gasteiger partial charge < -0.3 is 10.2 Å². The van der Waals surface area contributed by atoms with E-state index < -0.39 is 0 Å². The molecule has 0 aliphatic carbocycles. The summed E-state index contributed by atoms with van der Waals surface area (Å²) in [5.74, 6) is 0.950. The van der Waals surface area contributed by atoms with Gasteiger partial charge in [0.05, 0.1) is 29.0 Å². The summed E-state index contributed by atoms with van der Waals surface area (Å²) in [6, 6.07) is 2.07. The van der Waals surface area contributed by atoms with Gasteiger partial charge in [0.25, 0.3) is 0 Å². The molecule has 1 atom stereocenters. The highest BCUT2D eigenvalue weighted by atomic mass is 32.2. The second kappa shape index (κ2) is 6.53. The van der Waals surface area contributed by atoms with Crippen molar-refractivity contribution in [2.24, 2.45) is 0 Å². The van der Waals surface area contributed by atoms with Crippen LogP contribution in [0.3, 0.4) is 0 Å². The molecule has 2 N–H and O–H groups in total. The van der Waals surface area contributed by atoms with E-state index in [1.54, 1.807) is 6.20 Å². The standard InChI is InChI=1S/C18H22N4OS2/c1-9(16-21-15(19)14(24)17(22-16)25-5)12-6-10-11(18(2,3)4)8-23-13(10)7-20-12/h6-9,24H,1-5H3,(H2,19,21,22). The van der Waals surface area contributed by atoms with Crippen LogP contribution in [0.25, 0.3) is 11.0 Å². The van der Waals surface area contributed by atoms with Crippen LogP contribution < -0.4 is 5.73 Å². The van der Waals surface area contributed by atoms with Crippen molar-refractivity contribution in [2.45, 2.75) is 48.9 Å². The smallest absolute Gasteiger partial charge is 0.152 e. The van der Waals surface area contributed by atoms with E-state index in [0.717, 1.165) is 27.3 Å². The van der Waals surface area contributed by atoms with E-state index in [0.29, 0.717) is 16.5 Å². The number of nitrogens with two attached hydrogens (primary N) is 1. The number of fused-ring (bicyclic) bond motifs is 1. The van der Waals surface area contributed by atoms with Gasteiger partial charge in [0, 0.05) is 10.9 Å². The van der Waals surface area contributed by atoms with Crippen LogP contribution in [-0.4, -0.2) is 21.2 Å². The Kier molecular flexibility index (Phi) is 4.72. The number of furan rings is 1. The molecule has 25 heavy (non-hydrogen) atoms. The summed E-state index contributed by atoms with van der Waals surface area (Å²) in [7, 11) is 0. The molecule has 0 fully saturated rings. The zero-order chi connectivity index (χ0) is 18.4. The topological polar surface area (TPSA) is 77.8 Å². The second-order valence-corrected chi connectivity index (χ2v) is 8.29. The van der Waals surface area contributed by atoms with Gasteiger partial charge in [0.15, 0.2) is 5.58 Å². The van der Waals surface area contributed by atoms with Crippen LogP contribution in [0.2, 0.25) is 0 Å². The summed E-state index contributed by atoms with van der Waals surface area (Å²) < 4.78 is 5.66. The number of hydrogen-bond acceptors (Lipinski definition) is 7. The number of thiol groups is 1. The van der Waals surface area contributed by atoms with Gasteiger partial charge >= 0.3 is 0 Å². The fourth-order valence-electron chi connectivity index (χ4n) is 2.70. The lowest BCUT2D eigenvalue weighted by Gasteiger charge is -2.17. The number of nitrogen functional groups attached to an aromatic ring is 1. The molecule has 7 heteroatoms. The van der Waals surface area contributed by atoms with E-state index in [1.807, 2.05) is 19.4 Å². The maximum absolute atomic E-state index is 5.99. The number of hydrogen-bond donors (Lipinski definition) is 2. The summed E-state index contributed by atoms with van der Waals surface area (Å²) in [6.07, 6.45) is 5.53. The molecule has 3 rings (SSSR count). The highest BCUT2D eigenvalue weighted by molar-refractivity contribution is 7.99. The van der Waals surface area contributed by atoms with Gasteiger partial charge in [-0.3, -0.25) is 4.98 Å². The van der Waals surface area contributed by atoms with Crippen LogP contribution in [0, 0.1) is 0 Å². The fraction of sp³-hybridized carbons (Fsp3) is 0.389. The number of rotatable bonds is 3. The minimum atomic E-state index is -0.0887. The average molecular weight is 375 g/mol. The molecule has 3 aromatic heterocycles. The molecular formula is C18H22N4OS2. The first-order valence-corrected chi connectivity index (χ1v) is 9.67. The molecule has 132 valence electrons.